The molecule has 0 bridgehead atoms. The summed E-state index contributed by atoms with van der Waals surface area (Å²) in [5.74, 6) is 0.637. The first-order valence-corrected chi connectivity index (χ1v) is 6.09. The zero-order valence-corrected chi connectivity index (χ0v) is 11.3. The lowest BCUT2D eigenvalue weighted by Crippen LogP contribution is -1.94. The molecule has 0 aromatic heterocycles. The molecule has 2 rings (SSSR count). The van der Waals surface area contributed by atoms with E-state index in [1.54, 1.807) is 31.2 Å². The molecule has 0 radical (unpaired) electrons. The number of hydrogen-bond donors (Lipinski definition) is 0. The Kier molecular flexibility index (Phi) is 3.86. The average molecular weight is 279 g/mol. The SMILES string of the molecule is CC(=O)c1ccc(Oc2ccc(F)c(C)c2)cc1Cl. The summed E-state index contributed by atoms with van der Waals surface area (Å²) >= 11 is 5.99. The molecular weight excluding hydrogens is 267 g/mol. The lowest BCUT2D eigenvalue weighted by atomic mass is 10.1. The van der Waals surface area contributed by atoms with Gasteiger partial charge in [0.25, 0.3) is 0 Å². The Labute approximate surface area is 115 Å². The van der Waals surface area contributed by atoms with Gasteiger partial charge in [-0.05, 0) is 49.7 Å². The van der Waals surface area contributed by atoms with Crippen molar-refractivity contribution in [3.63, 3.8) is 0 Å². The Morgan fingerprint density at radius 1 is 1.16 bits per heavy atom. The average Bonchev–Trinajstić information content (AvgIpc) is 2.33. The number of halogens is 2. The molecule has 0 heterocycles. The lowest BCUT2D eigenvalue weighted by Gasteiger charge is -2.08. The Bertz CT molecular complexity index is 638. The van der Waals surface area contributed by atoms with Crippen LogP contribution in [0.15, 0.2) is 36.4 Å². The zero-order chi connectivity index (χ0) is 14.0. The third kappa shape index (κ3) is 3.12. The van der Waals surface area contributed by atoms with Gasteiger partial charge in [-0.2, -0.15) is 0 Å². The molecule has 0 aliphatic heterocycles. The van der Waals surface area contributed by atoms with Gasteiger partial charge < -0.3 is 4.74 Å². The highest BCUT2D eigenvalue weighted by Crippen LogP contribution is 2.28. The van der Waals surface area contributed by atoms with Crippen LogP contribution in [0.1, 0.15) is 22.8 Å². The van der Waals surface area contributed by atoms with E-state index >= 15 is 0 Å². The number of benzene rings is 2. The predicted octanol–water partition coefficient (Wildman–Crippen LogP) is 4.78. The van der Waals surface area contributed by atoms with E-state index in [4.69, 9.17) is 16.3 Å². The van der Waals surface area contributed by atoms with Crippen molar-refractivity contribution < 1.29 is 13.9 Å². The van der Waals surface area contributed by atoms with E-state index in [-0.39, 0.29) is 11.6 Å². The van der Waals surface area contributed by atoms with Gasteiger partial charge in [-0.1, -0.05) is 11.6 Å². The number of Topliss-reactive ketones (excluding diaryl/α,β-unsaturated/α-hetero) is 1. The first-order valence-electron chi connectivity index (χ1n) is 5.72. The van der Waals surface area contributed by atoms with Crippen molar-refractivity contribution in [1.82, 2.24) is 0 Å². The van der Waals surface area contributed by atoms with Gasteiger partial charge >= 0.3 is 0 Å². The quantitative estimate of drug-likeness (QED) is 0.755. The summed E-state index contributed by atoms with van der Waals surface area (Å²) in [4.78, 5) is 11.3. The molecule has 0 saturated heterocycles. The minimum Gasteiger partial charge on any atom is -0.457 e. The van der Waals surface area contributed by atoms with Gasteiger partial charge in [0.15, 0.2) is 5.78 Å². The number of hydrogen-bond acceptors (Lipinski definition) is 2. The first-order chi connectivity index (χ1) is 8.97. The fourth-order valence-corrected chi connectivity index (χ4v) is 1.97. The Hall–Kier alpha value is -1.87. The van der Waals surface area contributed by atoms with Crippen LogP contribution < -0.4 is 4.74 Å². The van der Waals surface area contributed by atoms with Gasteiger partial charge in [0.1, 0.15) is 17.3 Å². The van der Waals surface area contributed by atoms with Gasteiger partial charge in [-0.15, -0.1) is 0 Å². The number of ether oxygens (including phenoxy) is 1. The highest BCUT2D eigenvalue weighted by atomic mass is 35.5. The summed E-state index contributed by atoms with van der Waals surface area (Å²) in [6.45, 7) is 3.11. The monoisotopic (exact) mass is 278 g/mol. The van der Waals surface area contributed by atoms with Crippen molar-refractivity contribution in [1.29, 1.82) is 0 Å². The van der Waals surface area contributed by atoms with E-state index in [0.29, 0.717) is 27.6 Å². The van der Waals surface area contributed by atoms with E-state index < -0.39 is 0 Å². The topological polar surface area (TPSA) is 26.3 Å². The maximum absolute atomic E-state index is 13.1. The van der Waals surface area contributed by atoms with Crippen molar-refractivity contribution in [2.24, 2.45) is 0 Å². The zero-order valence-electron chi connectivity index (χ0n) is 10.5. The van der Waals surface area contributed by atoms with Gasteiger partial charge in [0.2, 0.25) is 0 Å². The number of carbonyl (C=O) groups excluding carboxylic acids is 1. The van der Waals surface area contributed by atoms with Gasteiger partial charge in [-0.25, -0.2) is 4.39 Å². The molecule has 0 unspecified atom stereocenters. The third-order valence-electron chi connectivity index (χ3n) is 2.68. The van der Waals surface area contributed by atoms with E-state index in [2.05, 4.69) is 0 Å². The van der Waals surface area contributed by atoms with Crippen LogP contribution in [0.4, 0.5) is 4.39 Å². The van der Waals surface area contributed by atoms with Crippen LogP contribution in [0, 0.1) is 12.7 Å². The summed E-state index contributed by atoms with van der Waals surface area (Å²) in [5.41, 5.74) is 0.952. The second-order valence-corrected chi connectivity index (χ2v) is 4.62. The van der Waals surface area contributed by atoms with Crippen LogP contribution in [-0.2, 0) is 0 Å². The highest BCUT2D eigenvalue weighted by molar-refractivity contribution is 6.34. The van der Waals surface area contributed by atoms with Gasteiger partial charge in [0.05, 0.1) is 5.02 Å². The fraction of sp³-hybridized carbons (Fsp3) is 0.133. The van der Waals surface area contributed by atoms with E-state index in [9.17, 15) is 9.18 Å². The Balaban J connectivity index is 2.26. The number of rotatable bonds is 3. The van der Waals surface area contributed by atoms with Crippen LogP contribution in [0.2, 0.25) is 5.02 Å². The minimum atomic E-state index is -0.280. The summed E-state index contributed by atoms with van der Waals surface area (Å²) in [6, 6.07) is 9.31. The Morgan fingerprint density at radius 2 is 1.79 bits per heavy atom. The van der Waals surface area contributed by atoms with Crippen molar-refractivity contribution >= 4 is 17.4 Å². The number of carbonyl (C=O) groups is 1. The molecule has 4 heteroatoms. The summed E-state index contributed by atoms with van der Waals surface area (Å²) in [6.07, 6.45) is 0. The van der Waals surface area contributed by atoms with Crippen molar-refractivity contribution in [2.45, 2.75) is 13.8 Å². The summed E-state index contributed by atoms with van der Waals surface area (Å²) in [5, 5.41) is 0.337. The van der Waals surface area contributed by atoms with Crippen LogP contribution >= 0.6 is 11.6 Å². The maximum Gasteiger partial charge on any atom is 0.161 e. The lowest BCUT2D eigenvalue weighted by molar-refractivity contribution is 0.101. The molecule has 0 amide bonds. The van der Waals surface area contributed by atoms with E-state index in [1.165, 1.54) is 19.1 Å². The fourth-order valence-electron chi connectivity index (χ4n) is 1.66. The summed E-state index contributed by atoms with van der Waals surface area (Å²) in [7, 11) is 0. The number of aryl methyl sites for hydroxylation is 1. The Morgan fingerprint density at radius 3 is 2.37 bits per heavy atom. The third-order valence-corrected chi connectivity index (χ3v) is 3.00. The molecule has 98 valence electrons. The molecule has 0 aliphatic rings. The molecular formula is C15H12ClFO2. The largest absolute Gasteiger partial charge is 0.457 e. The second kappa shape index (κ2) is 5.41. The normalized spacial score (nSPS) is 10.3. The molecule has 2 aromatic carbocycles. The predicted molar refractivity (Wildman–Crippen MR) is 72.7 cm³/mol. The molecule has 0 N–H and O–H groups in total. The van der Waals surface area contributed by atoms with Crippen LogP contribution in [0.25, 0.3) is 0 Å². The summed E-state index contributed by atoms with van der Waals surface area (Å²) < 4.78 is 18.7. The second-order valence-electron chi connectivity index (χ2n) is 4.21. The van der Waals surface area contributed by atoms with Gasteiger partial charge in [-0.3, -0.25) is 4.79 Å². The standard InChI is InChI=1S/C15H12ClFO2/c1-9-7-11(4-6-15(9)17)19-12-3-5-13(10(2)18)14(16)8-12/h3-8H,1-2H3. The molecule has 0 atom stereocenters. The van der Waals surface area contributed by atoms with E-state index in [0.717, 1.165) is 0 Å². The van der Waals surface area contributed by atoms with Crippen molar-refractivity contribution in [3.05, 3.63) is 58.4 Å². The molecule has 0 spiro atoms. The highest BCUT2D eigenvalue weighted by Gasteiger charge is 2.08. The molecule has 0 fully saturated rings. The molecule has 0 aliphatic carbocycles. The van der Waals surface area contributed by atoms with Crippen LogP contribution in [-0.4, -0.2) is 5.78 Å². The smallest absolute Gasteiger partial charge is 0.161 e. The van der Waals surface area contributed by atoms with E-state index in [1.807, 2.05) is 0 Å². The van der Waals surface area contributed by atoms with Gasteiger partial charge in [0, 0.05) is 11.6 Å². The van der Waals surface area contributed by atoms with Crippen molar-refractivity contribution in [2.75, 3.05) is 0 Å². The minimum absolute atomic E-state index is 0.103. The van der Waals surface area contributed by atoms with Crippen LogP contribution in [0.3, 0.4) is 0 Å². The van der Waals surface area contributed by atoms with Crippen molar-refractivity contribution in [3.8, 4) is 11.5 Å². The molecule has 0 saturated carbocycles. The number of ketones is 1. The molecule has 2 nitrogen and oxygen atoms in total. The van der Waals surface area contributed by atoms with Crippen LogP contribution in [0.5, 0.6) is 11.5 Å². The first kappa shape index (κ1) is 13.6. The molecule has 2 aromatic rings. The maximum atomic E-state index is 13.1. The molecule has 19 heavy (non-hydrogen) atoms.